The molecule has 0 amide bonds. The van der Waals surface area contributed by atoms with Crippen LogP contribution in [0.25, 0.3) is 0 Å². The van der Waals surface area contributed by atoms with Crippen LogP contribution >= 0.6 is 12.6 Å². The van der Waals surface area contributed by atoms with E-state index in [9.17, 15) is 0 Å². The molecule has 1 nitrogen and oxygen atoms in total. The fourth-order valence-corrected chi connectivity index (χ4v) is 0.705. The SMILES string of the molecule is [S]C1CCOC1. The predicted octanol–water partition coefficient (Wildman–Crippen LogP) is 0.973. The first kappa shape index (κ1) is 4.47. The molecule has 0 bridgehead atoms. The topological polar surface area (TPSA) is 9.23 Å². The van der Waals surface area contributed by atoms with Gasteiger partial charge in [0.1, 0.15) is 0 Å². The lowest BCUT2D eigenvalue weighted by Crippen LogP contribution is -1.92. The maximum atomic E-state index is 4.95. The van der Waals surface area contributed by atoms with Crippen LogP contribution in [-0.4, -0.2) is 18.5 Å². The Morgan fingerprint density at radius 2 is 2.50 bits per heavy atom. The van der Waals surface area contributed by atoms with Gasteiger partial charge >= 0.3 is 0 Å². The highest BCUT2D eigenvalue weighted by atomic mass is 32.1. The van der Waals surface area contributed by atoms with E-state index in [4.69, 9.17) is 17.4 Å². The van der Waals surface area contributed by atoms with E-state index in [-0.39, 0.29) is 0 Å². The summed E-state index contributed by atoms with van der Waals surface area (Å²) in [6, 6.07) is 0. The Bertz CT molecular complexity index is 40.8. The monoisotopic (exact) mass is 103 g/mol. The summed E-state index contributed by atoms with van der Waals surface area (Å²) >= 11 is 4.88. The summed E-state index contributed by atoms with van der Waals surface area (Å²) in [5.74, 6) is 0. The minimum atomic E-state index is 0.407. The van der Waals surface area contributed by atoms with Crippen molar-refractivity contribution < 1.29 is 4.74 Å². The summed E-state index contributed by atoms with van der Waals surface area (Å²) in [6.07, 6.45) is 1.08. The van der Waals surface area contributed by atoms with Crippen molar-refractivity contribution in [1.82, 2.24) is 0 Å². The van der Waals surface area contributed by atoms with Crippen molar-refractivity contribution in [2.45, 2.75) is 11.7 Å². The Balaban J connectivity index is 2.18. The molecule has 1 unspecified atom stereocenters. The van der Waals surface area contributed by atoms with Crippen molar-refractivity contribution in [2.75, 3.05) is 13.2 Å². The molecular formula is C4H7OS. The highest BCUT2D eigenvalue weighted by molar-refractivity contribution is 7.81. The van der Waals surface area contributed by atoms with E-state index < -0.39 is 0 Å². The third-order valence-electron chi connectivity index (χ3n) is 0.888. The molecule has 1 atom stereocenters. The molecule has 35 valence electrons. The molecule has 1 saturated heterocycles. The molecule has 0 aromatic heterocycles. The average molecular weight is 103 g/mol. The Morgan fingerprint density at radius 1 is 1.67 bits per heavy atom. The Morgan fingerprint density at radius 3 is 2.67 bits per heavy atom. The van der Waals surface area contributed by atoms with Gasteiger partial charge in [0.15, 0.2) is 0 Å². The summed E-state index contributed by atoms with van der Waals surface area (Å²) in [5, 5.41) is 0.407. The highest BCUT2D eigenvalue weighted by Gasteiger charge is 2.09. The zero-order valence-corrected chi connectivity index (χ0v) is 4.33. The Kier molecular flexibility index (Phi) is 1.37. The van der Waals surface area contributed by atoms with Gasteiger partial charge in [-0.1, -0.05) is 12.6 Å². The number of ether oxygens (including phenoxy) is 1. The smallest absolute Gasteiger partial charge is 0.0594 e. The molecule has 0 N–H and O–H groups in total. The normalized spacial score (nSPS) is 34.5. The zero-order chi connectivity index (χ0) is 4.41. The van der Waals surface area contributed by atoms with Crippen molar-refractivity contribution in [3.63, 3.8) is 0 Å². The van der Waals surface area contributed by atoms with Crippen molar-refractivity contribution in [1.29, 1.82) is 0 Å². The molecule has 1 radical (unpaired) electrons. The highest BCUT2D eigenvalue weighted by Crippen LogP contribution is 2.08. The largest absolute Gasteiger partial charge is 0.380 e. The van der Waals surface area contributed by atoms with Crippen molar-refractivity contribution in [2.24, 2.45) is 0 Å². The van der Waals surface area contributed by atoms with Gasteiger partial charge < -0.3 is 4.74 Å². The molecule has 0 aliphatic carbocycles. The number of hydrogen-bond donors (Lipinski definition) is 0. The number of hydrogen-bond acceptors (Lipinski definition) is 1. The van der Waals surface area contributed by atoms with Crippen LogP contribution < -0.4 is 0 Å². The van der Waals surface area contributed by atoms with Crippen LogP contribution in [0.15, 0.2) is 0 Å². The first-order valence-electron chi connectivity index (χ1n) is 2.13. The molecule has 1 fully saturated rings. The molecule has 0 aromatic carbocycles. The van der Waals surface area contributed by atoms with E-state index >= 15 is 0 Å². The van der Waals surface area contributed by atoms with Gasteiger partial charge in [0.05, 0.1) is 6.61 Å². The second kappa shape index (κ2) is 1.85. The third-order valence-corrected chi connectivity index (χ3v) is 1.26. The predicted molar refractivity (Wildman–Crippen MR) is 26.8 cm³/mol. The molecule has 2 heteroatoms. The van der Waals surface area contributed by atoms with E-state index in [1.54, 1.807) is 0 Å². The van der Waals surface area contributed by atoms with E-state index in [2.05, 4.69) is 0 Å². The summed E-state index contributed by atoms with van der Waals surface area (Å²) in [4.78, 5) is 0. The van der Waals surface area contributed by atoms with Gasteiger partial charge in [-0.25, -0.2) is 0 Å². The van der Waals surface area contributed by atoms with Gasteiger partial charge in [0.25, 0.3) is 0 Å². The van der Waals surface area contributed by atoms with Gasteiger partial charge in [-0.15, -0.1) is 0 Å². The van der Waals surface area contributed by atoms with Crippen molar-refractivity contribution in [3.8, 4) is 0 Å². The zero-order valence-electron chi connectivity index (χ0n) is 3.52. The molecule has 0 spiro atoms. The lowest BCUT2D eigenvalue weighted by atomic mass is 10.4. The summed E-state index contributed by atoms with van der Waals surface area (Å²) in [5.41, 5.74) is 0. The van der Waals surface area contributed by atoms with Crippen LogP contribution in [0, 0.1) is 0 Å². The number of rotatable bonds is 0. The quantitative estimate of drug-likeness (QED) is 0.444. The molecule has 0 saturated carbocycles. The molecule has 1 heterocycles. The molecule has 0 aromatic rings. The van der Waals surface area contributed by atoms with Gasteiger partial charge in [-0.2, -0.15) is 0 Å². The second-order valence-corrected chi connectivity index (χ2v) is 2.15. The van der Waals surface area contributed by atoms with Crippen LogP contribution in [-0.2, 0) is 4.74 Å². The second-order valence-electron chi connectivity index (χ2n) is 1.49. The van der Waals surface area contributed by atoms with E-state index in [1.807, 2.05) is 0 Å². The fourth-order valence-electron chi connectivity index (χ4n) is 0.513. The standard InChI is InChI=1S/C4H7OS/c6-4-1-2-5-3-4/h4H,1-3H2. The summed E-state index contributed by atoms with van der Waals surface area (Å²) < 4.78 is 4.95. The lowest BCUT2D eigenvalue weighted by molar-refractivity contribution is 0.199. The molecule has 1 rings (SSSR count). The summed E-state index contributed by atoms with van der Waals surface area (Å²) in [7, 11) is 0. The minimum absolute atomic E-state index is 0.407. The average Bonchev–Trinajstić information content (AvgIpc) is 1.86. The summed E-state index contributed by atoms with van der Waals surface area (Å²) in [6.45, 7) is 1.68. The molecule has 1 aliphatic rings. The van der Waals surface area contributed by atoms with Crippen LogP contribution in [0.1, 0.15) is 6.42 Å². The van der Waals surface area contributed by atoms with E-state index in [0.717, 1.165) is 19.6 Å². The van der Waals surface area contributed by atoms with E-state index in [1.165, 1.54) is 0 Å². The van der Waals surface area contributed by atoms with Crippen LogP contribution in [0.4, 0.5) is 0 Å². The van der Waals surface area contributed by atoms with Gasteiger partial charge in [0.2, 0.25) is 0 Å². The van der Waals surface area contributed by atoms with Crippen LogP contribution in [0.3, 0.4) is 0 Å². The molecular weight excluding hydrogens is 96.1 g/mol. The van der Waals surface area contributed by atoms with E-state index in [0.29, 0.717) is 5.25 Å². The van der Waals surface area contributed by atoms with Crippen molar-refractivity contribution >= 4 is 12.6 Å². The molecule has 6 heavy (non-hydrogen) atoms. The van der Waals surface area contributed by atoms with Crippen LogP contribution in [0.5, 0.6) is 0 Å². The first-order chi connectivity index (χ1) is 2.89. The maximum Gasteiger partial charge on any atom is 0.0594 e. The Labute approximate surface area is 43.1 Å². The third kappa shape index (κ3) is 0.884. The molecule has 1 aliphatic heterocycles. The van der Waals surface area contributed by atoms with Gasteiger partial charge in [-0.05, 0) is 6.42 Å². The van der Waals surface area contributed by atoms with Crippen molar-refractivity contribution in [3.05, 3.63) is 0 Å². The van der Waals surface area contributed by atoms with Gasteiger partial charge in [-0.3, -0.25) is 0 Å². The van der Waals surface area contributed by atoms with Gasteiger partial charge in [0, 0.05) is 11.9 Å². The fraction of sp³-hybridized carbons (Fsp3) is 1.00. The maximum absolute atomic E-state index is 4.95. The lowest BCUT2D eigenvalue weighted by Gasteiger charge is -1.86. The van der Waals surface area contributed by atoms with Crippen LogP contribution in [0.2, 0.25) is 0 Å². The first-order valence-corrected chi connectivity index (χ1v) is 2.60. The Hall–Kier alpha value is 0.310. The minimum Gasteiger partial charge on any atom is -0.380 e.